The van der Waals surface area contributed by atoms with Crippen molar-refractivity contribution in [3.63, 3.8) is 0 Å². The zero-order chi connectivity index (χ0) is 29.1. The van der Waals surface area contributed by atoms with Crippen molar-refractivity contribution >= 4 is 64.6 Å². The molecule has 0 spiro atoms. The van der Waals surface area contributed by atoms with E-state index in [1.54, 1.807) is 41.8 Å². The van der Waals surface area contributed by atoms with E-state index in [4.69, 9.17) is 4.74 Å². The second-order valence-electron chi connectivity index (χ2n) is 8.63. The van der Waals surface area contributed by atoms with E-state index in [0.717, 1.165) is 32.7 Å². The van der Waals surface area contributed by atoms with Gasteiger partial charge in [0.1, 0.15) is 22.0 Å². The molecule has 3 aromatic rings. The molecule has 2 amide bonds. The molecule has 1 unspecified atom stereocenters. The van der Waals surface area contributed by atoms with Gasteiger partial charge in [-0.2, -0.15) is 0 Å². The minimum Gasteiger partial charge on any atom is -0.548 e. The molecule has 2 aromatic heterocycles. The van der Waals surface area contributed by atoms with Crippen LogP contribution in [-0.4, -0.2) is 77.8 Å². The number of para-hydroxylation sites is 1. The number of nitrogens with one attached hydrogen (secondary N) is 1. The fourth-order valence-electron chi connectivity index (χ4n) is 4.15. The monoisotopic (exact) mass is 660 g/mol. The Morgan fingerprint density at radius 2 is 1.86 bits per heavy atom. The smallest absolute Gasteiger partial charge is 0.548 e. The first-order valence-electron chi connectivity index (χ1n) is 11.8. The Bertz CT molecular complexity index is 1570. The van der Waals surface area contributed by atoms with Crippen LogP contribution in [0, 0.1) is 0 Å². The molecule has 2 aliphatic rings. The molecule has 19 heteroatoms. The maximum absolute atomic E-state index is 13.0. The standard InChI is InChI=1S/C24H20N6O8S3.2Na/c31-15(8-12-6-7-39-19(12)23(37)38-14-4-2-1-3-5-14)25-17-20(34)30-18(22(35)36)13(10-40-21(17)30)11-41-24-26-27-28-29(24)9-16(32)33;;/h1-7,17,21H,8-11H2,(H,25,31)(H,32,33)(H,35,36);;/q;2*+1/p-2/t17?,21-;;/m1../s1. The van der Waals surface area contributed by atoms with Gasteiger partial charge in [0.25, 0.3) is 5.91 Å². The van der Waals surface area contributed by atoms with E-state index in [2.05, 4.69) is 20.8 Å². The van der Waals surface area contributed by atoms with Crippen LogP contribution in [0.1, 0.15) is 15.2 Å². The molecule has 2 atom stereocenters. The number of hydrogen-bond acceptors (Lipinski definition) is 14. The van der Waals surface area contributed by atoms with Gasteiger partial charge in [-0.25, -0.2) is 9.48 Å². The van der Waals surface area contributed by atoms with Crippen molar-refractivity contribution in [3.8, 4) is 5.75 Å². The van der Waals surface area contributed by atoms with E-state index >= 15 is 0 Å². The van der Waals surface area contributed by atoms with Crippen LogP contribution in [0.15, 0.2) is 58.2 Å². The predicted molar refractivity (Wildman–Crippen MR) is 140 cm³/mol. The van der Waals surface area contributed by atoms with Crippen LogP contribution in [0.2, 0.25) is 0 Å². The number of aliphatic carboxylic acids is 2. The number of esters is 1. The average Bonchev–Trinajstić information content (AvgIpc) is 3.59. The fourth-order valence-corrected chi connectivity index (χ4v) is 7.31. The first-order chi connectivity index (χ1) is 19.7. The molecule has 0 aliphatic carbocycles. The van der Waals surface area contributed by atoms with Gasteiger partial charge >= 0.3 is 65.1 Å². The minimum absolute atomic E-state index is 0. The van der Waals surface area contributed by atoms with Crippen molar-refractivity contribution in [3.05, 3.63) is 63.5 Å². The van der Waals surface area contributed by atoms with E-state index in [9.17, 15) is 34.2 Å². The Hall–Kier alpha value is -2.22. The number of carboxylic acids is 2. The quantitative estimate of drug-likeness (QED) is 0.0670. The molecule has 5 rings (SSSR count). The number of tetrazole rings is 1. The number of β-lactam (4-membered cyclic amide) rings is 1. The van der Waals surface area contributed by atoms with Gasteiger partial charge in [-0.15, -0.1) is 28.2 Å². The summed E-state index contributed by atoms with van der Waals surface area (Å²) in [5.74, 6) is -4.07. The molecule has 14 nitrogen and oxygen atoms in total. The van der Waals surface area contributed by atoms with Crippen LogP contribution >= 0.6 is 34.9 Å². The number of thiophene rings is 1. The van der Waals surface area contributed by atoms with E-state index < -0.39 is 47.7 Å². The van der Waals surface area contributed by atoms with Crippen LogP contribution in [0.3, 0.4) is 0 Å². The third-order valence-corrected chi connectivity index (χ3v) is 9.27. The van der Waals surface area contributed by atoms with Crippen molar-refractivity contribution in [2.75, 3.05) is 11.5 Å². The first kappa shape index (κ1) is 35.3. The number of carboxylic acid groups (broad SMARTS) is 2. The van der Waals surface area contributed by atoms with Gasteiger partial charge in [0.15, 0.2) is 0 Å². The molecule has 1 aromatic carbocycles. The molecule has 43 heavy (non-hydrogen) atoms. The molecule has 0 saturated carbocycles. The number of hydrogen-bond donors (Lipinski definition) is 1. The van der Waals surface area contributed by atoms with Crippen LogP contribution in [0.5, 0.6) is 5.75 Å². The maximum atomic E-state index is 13.0. The second-order valence-corrected chi connectivity index (χ2v) is 11.6. The van der Waals surface area contributed by atoms with Crippen molar-refractivity contribution in [2.24, 2.45) is 0 Å². The van der Waals surface area contributed by atoms with Gasteiger partial charge in [-0.05, 0) is 45.1 Å². The second kappa shape index (κ2) is 15.7. The number of amides is 2. The Balaban J connectivity index is 0.00000253. The largest absolute Gasteiger partial charge is 1.00 e. The summed E-state index contributed by atoms with van der Waals surface area (Å²) in [6, 6.07) is 9.15. The summed E-state index contributed by atoms with van der Waals surface area (Å²) < 4.78 is 6.36. The van der Waals surface area contributed by atoms with Crippen molar-refractivity contribution in [1.29, 1.82) is 0 Å². The van der Waals surface area contributed by atoms with E-state index in [1.165, 1.54) is 11.8 Å². The fraction of sp³-hybridized carbons (Fsp3) is 0.250. The van der Waals surface area contributed by atoms with Gasteiger partial charge in [0, 0.05) is 11.5 Å². The summed E-state index contributed by atoms with van der Waals surface area (Å²) in [6.07, 6.45) is -0.185. The van der Waals surface area contributed by atoms with Crippen LogP contribution in [-0.2, 0) is 32.1 Å². The molecule has 1 saturated heterocycles. The number of rotatable bonds is 11. The molecule has 4 heterocycles. The van der Waals surface area contributed by atoms with Gasteiger partial charge < -0.3 is 29.9 Å². The average molecular weight is 661 g/mol. The third-order valence-electron chi connectivity index (χ3n) is 5.95. The topological polar surface area (TPSA) is 200 Å². The number of nitrogens with zero attached hydrogens (tertiary/aromatic N) is 5. The zero-order valence-corrected chi connectivity index (χ0v) is 29.2. The van der Waals surface area contributed by atoms with Gasteiger partial charge in [0.2, 0.25) is 11.1 Å². The number of fused-ring (bicyclic) bond motifs is 1. The van der Waals surface area contributed by atoms with Gasteiger partial charge in [-0.3, -0.25) is 14.5 Å². The normalized spacial score (nSPS) is 17.1. The summed E-state index contributed by atoms with van der Waals surface area (Å²) in [5, 5.41) is 37.3. The number of carbonyl (C=O) groups excluding carboxylic acids is 5. The number of thioether (sulfide) groups is 2. The number of benzene rings is 1. The van der Waals surface area contributed by atoms with Crippen molar-refractivity contribution in [2.45, 2.75) is 29.5 Å². The Kier molecular flexibility index (Phi) is 12.9. The SMILES string of the molecule is O=C([O-])Cn1nnnc1SCC1=C(C(=O)[O-])N2C(=O)C(NC(=O)Cc3ccsc3C(=O)Oc3ccccc3)[C@H]2SC1.[Na+].[Na+]. The third kappa shape index (κ3) is 8.09. The van der Waals surface area contributed by atoms with E-state index in [0.29, 0.717) is 16.9 Å². The Morgan fingerprint density at radius 1 is 1.12 bits per heavy atom. The first-order valence-corrected chi connectivity index (χ1v) is 14.7. The van der Waals surface area contributed by atoms with Crippen LogP contribution in [0.25, 0.3) is 0 Å². The van der Waals surface area contributed by atoms with Crippen LogP contribution in [0.4, 0.5) is 0 Å². The summed E-state index contributed by atoms with van der Waals surface area (Å²) in [7, 11) is 0. The summed E-state index contributed by atoms with van der Waals surface area (Å²) in [4.78, 5) is 62.6. The van der Waals surface area contributed by atoms with Crippen molar-refractivity contribution in [1.82, 2.24) is 30.4 Å². The number of aromatic nitrogens is 4. The van der Waals surface area contributed by atoms with Crippen molar-refractivity contribution < 1.29 is 98.0 Å². The molecule has 1 N–H and O–H groups in total. The summed E-state index contributed by atoms with van der Waals surface area (Å²) in [6.45, 7) is -0.578. The molecule has 0 radical (unpaired) electrons. The molecular formula is C24H18N6Na2O8S3. The summed E-state index contributed by atoms with van der Waals surface area (Å²) >= 11 is 3.38. The summed E-state index contributed by atoms with van der Waals surface area (Å²) in [5.41, 5.74) is 0.487. The minimum atomic E-state index is -1.56. The predicted octanol–water partition coefficient (Wildman–Crippen LogP) is -7.55. The Morgan fingerprint density at radius 3 is 2.56 bits per heavy atom. The Labute approximate surface area is 300 Å². The van der Waals surface area contributed by atoms with Crippen LogP contribution < -0.4 is 79.4 Å². The van der Waals surface area contributed by atoms with E-state index in [1.807, 2.05) is 0 Å². The molecule has 0 bridgehead atoms. The van der Waals surface area contributed by atoms with E-state index in [-0.39, 0.29) is 92.8 Å². The zero-order valence-electron chi connectivity index (χ0n) is 22.8. The molecule has 1 fully saturated rings. The van der Waals surface area contributed by atoms with Gasteiger partial charge in [-0.1, -0.05) is 30.0 Å². The molecule has 2 aliphatic heterocycles. The van der Waals surface area contributed by atoms with Gasteiger partial charge in [0.05, 0.1) is 30.6 Å². The molecular weight excluding hydrogens is 642 g/mol. The number of carbonyl (C=O) groups is 5. The number of ether oxygens (including phenoxy) is 1. The molecule has 212 valence electrons. The maximum Gasteiger partial charge on any atom is 1.00 e.